The summed E-state index contributed by atoms with van der Waals surface area (Å²) in [6.07, 6.45) is 9.21. The number of amides is 1. The number of carbonyl (C=O) groups is 3. The van der Waals surface area contributed by atoms with Gasteiger partial charge in [-0.1, -0.05) is 5.92 Å². The second kappa shape index (κ2) is 8.90. The second-order valence-corrected chi connectivity index (χ2v) is 9.55. The number of terminal acetylenes is 1. The minimum absolute atomic E-state index is 0.106. The van der Waals surface area contributed by atoms with E-state index in [0.717, 1.165) is 12.8 Å². The van der Waals surface area contributed by atoms with Gasteiger partial charge in [0.15, 0.2) is 17.0 Å². The third kappa shape index (κ3) is 4.88. The van der Waals surface area contributed by atoms with Gasteiger partial charge in [0.1, 0.15) is 17.5 Å². The lowest BCUT2D eigenvalue weighted by Gasteiger charge is -2.27. The number of imidazole rings is 1. The molecule has 12 heteroatoms. The van der Waals surface area contributed by atoms with Gasteiger partial charge in [-0.3, -0.25) is 19.7 Å². The molecule has 33 heavy (non-hydrogen) atoms. The van der Waals surface area contributed by atoms with Gasteiger partial charge in [-0.05, 0) is 12.8 Å². The Hall–Kier alpha value is -3.33. The number of fused-ring (bicyclic) bond motifs is 1. The molecule has 3 heterocycles. The average Bonchev–Trinajstić information content (AvgIpc) is 3.33. The van der Waals surface area contributed by atoms with Crippen LogP contribution in [0.1, 0.15) is 45.4 Å². The van der Waals surface area contributed by atoms with Gasteiger partial charge < -0.3 is 19.4 Å². The third-order valence-corrected chi connectivity index (χ3v) is 6.87. The number of esters is 2. The van der Waals surface area contributed by atoms with E-state index in [1.807, 2.05) is 4.57 Å². The standard InChI is InChI=1S/C21H24N6O5S/c1-5-21(9-31-12(3)29)15(32-13(4)30)8-16(33-21)27-10-22-17-18(24-14-6-7-14)25-20(23-11(2)28)26-19(17)27/h1,10,14-16H,6-9H2,2-4H3,(H2,23,24,25,26,28)/t15-,16?,21+/m0/s1. The molecular weight excluding hydrogens is 448 g/mol. The maximum atomic E-state index is 11.8. The number of rotatable bonds is 7. The van der Waals surface area contributed by atoms with Gasteiger partial charge >= 0.3 is 11.9 Å². The lowest BCUT2D eigenvalue weighted by atomic mass is 10.0. The maximum Gasteiger partial charge on any atom is 0.302 e. The highest BCUT2D eigenvalue weighted by atomic mass is 32.2. The predicted molar refractivity (Wildman–Crippen MR) is 121 cm³/mol. The number of aromatic nitrogens is 4. The molecule has 1 aliphatic heterocycles. The summed E-state index contributed by atoms with van der Waals surface area (Å²) in [5, 5.41) is 5.63. The predicted octanol–water partition coefficient (Wildman–Crippen LogP) is 1.86. The van der Waals surface area contributed by atoms with Gasteiger partial charge in [-0.15, -0.1) is 18.2 Å². The van der Waals surface area contributed by atoms with Crippen LogP contribution < -0.4 is 10.6 Å². The van der Waals surface area contributed by atoms with Crippen LogP contribution in [0.5, 0.6) is 0 Å². The van der Waals surface area contributed by atoms with Gasteiger partial charge in [0, 0.05) is 33.2 Å². The molecule has 4 rings (SSSR count). The molecule has 1 aliphatic carbocycles. The minimum Gasteiger partial charge on any atom is -0.463 e. The van der Waals surface area contributed by atoms with Crippen molar-refractivity contribution in [3.05, 3.63) is 6.33 Å². The van der Waals surface area contributed by atoms with Crippen LogP contribution in [0.3, 0.4) is 0 Å². The van der Waals surface area contributed by atoms with Crippen LogP contribution in [0.25, 0.3) is 11.2 Å². The number of nitrogens with zero attached hydrogens (tertiary/aromatic N) is 4. The first kappa shape index (κ1) is 22.8. The largest absolute Gasteiger partial charge is 0.463 e. The molecule has 1 amide bonds. The molecule has 0 aromatic carbocycles. The van der Waals surface area contributed by atoms with Crippen LogP contribution in [0, 0.1) is 12.3 Å². The molecule has 1 unspecified atom stereocenters. The van der Waals surface area contributed by atoms with Crippen molar-refractivity contribution in [3.63, 3.8) is 0 Å². The quantitative estimate of drug-likeness (QED) is 0.454. The van der Waals surface area contributed by atoms with E-state index in [1.165, 1.54) is 32.5 Å². The second-order valence-electron chi connectivity index (χ2n) is 8.04. The number of ether oxygens (including phenoxy) is 2. The summed E-state index contributed by atoms with van der Waals surface area (Å²) >= 11 is 1.34. The fourth-order valence-corrected chi connectivity index (χ4v) is 5.14. The first-order valence-electron chi connectivity index (χ1n) is 10.5. The van der Waals surface area contributed by atoms with E-state index >= 15 is 0 Å². The first-order chi connectivity index (χ1) is 15.7. The van der Waals surface area contributed by atoms with Crippen molar-refractivity contribution in [3.8, 4) is 12.3 Å². The third-order valence-electron chi connectivity index (χ3n) is 5.26. The van der Waals surface area contributed by atoms with Crippen molar-refractivity contribution in [2.45, 2.75) is 62.3 Å². The molecule has 0 spiro atoms. The van der Waals surface area contributed by atoms with Crippen LogP contribution in [0.4, 0.5) is 11.8 Å². The Bertz CT molecular complexity index is 1160. The van der Waals surface area contributed by atoms with Crippen LogP contribution in [-0.2, 0) is 23.9 Å². The minimum atomic E-state index is -1.07. The smallest absolute Gasteiger partial charge is 0.302 e. The molecule has 11 nitrogen and oxygen atoms in total. The summed E-state index contributed by atoms with van der Waals surface area (Å²) in [5.41, 5.74) is 1.05. The summed E-state index contributed by atoms with van der Waals surface area (Å²) in [5.74, 6) is 2.12. The molecule has 1 saturated heterocycles. The normalized spacial score (nSPS) is 24.2. The molecule has 2 aromatic rings. The maximum absolute atomic E-state index is 11.8. The molecule has 2 aliphatic rings. The lowest BCUT2D eigenvalue weighted by Crippen LogP contribution is -2.41. The Kier molecular flexibility index (Phi) is 6.16. The van der Waals surface area contributed by atoms with E-state index in [9.17, 15) is 14.4 Å². The van der Waals surface area contributed by atoms with Gasteiger partial charge in [0.2, 0.25) is 11.9 Å². The highest BCUT2D eigenvalue weighted by Crippen LogP contribution is 2.51. The molecule has 2 fully saturated rings. The molecule has 0 bridgehead atoms. The van der Waals surface area contributed by atoms with Crippen molar-refractivity contribution >= 4 is 52.5 Å². The molecule has 2 aromatic heterocycles. The number of nitrogens with one attached hydrogen (secondary N) is 2. The fourth-order valence-electron chi connectivity index (χ4n) is 3.62. The van der Waals surface area contributed by atoms with Crippen molar-refractivity contribution in [2.75, 3.05) is 17.2 Å². The van der Waals surface area contributed by atoms with Crippen molar-refractivity contribution < 1.29 is 23.9 Å². The van der Waals surface area contributed by atoms with Gasteiger partial charge in [0.25, 0.3) is 0 Å². The van der Waals surface area contributed by atoms with Crippen molar-refractivity contribution in [1.29, 1.82) is 0 Å². The number of hydrogen-bond donors (Lipinski definition) is 2. The zero-order valence-electron chi connectivity index (χ0n) is 18.5. The summed E-state index contributed by atoms with van der Waals surface area (Å²) in [7, 11) is 0. The van der Waals surface area contributed by atoms with E-state index in [2.05, 4.69) is 31.5 Å². The van der Waals surface area contributed by atoms with Gasteiger partial charge in [0.05, 0.1) is 11.7 Å². The Morgan fingerprint density at radius 3 is 2.64 bits per heavy atom. The van der Waals surface area contributed by atoms with Crippen LogP contribution in [0.15, 0.2) is 6.33 Å². The molecule has 174 valence electrons. The fraction of sp³-hybridized carbons (Fsp3) is 0.524. The van der Waals surface area contributed by atoms with E-state index in [4.69, 9.17) is 15.9 Å². The van der Waals surface area contributed by atoms with Crippen LogP contribution in [0.2, 0.25) is 0 Å². The van der Waals surface area contributed by atoms with Crippen LogP contribution >= 0.6 is 11.8 Å². The first-order valence-corrected chi connectivity index (χ1v) is 11.3. The highest BCUT2D eigenvalue weighted by molar-refractivity contribution is 8.01. The van der Waals surface area contributed by atoms with Gasteiger partial charge in [-0.25, -0.2) is 4.98 Å². The summed E-state index contributed by atoms with van der Waals surface area (Å²) in [4.78, 5) is 48.2. The van der Waals surface area contributed by atoms with E-state index < -0.39 is 22.8 Å². The number of thioether (sulfide) groups is 1. The van der Waals surface area contributed by atoms with Gasteiger partial charge in [-0.2, -0.15) is 9.97 Å². The molecular formula is C21H24N6O5S. The zero-order valence-corrected chi connectivity index (χ0v) is 19.3. The average molecular weight is 473 g/mol. The Balaban J connectivity index is 1.72. The Morgan fingerprint density at radius 1 is 1.27 bits per heavy atom. The van der Waals surface area contributed by atoms with E-state index in [-0.39, 0.29) is 23.8 Å². The highest BCUT2D eigenvalue weighted by Gasteiger charge is 2.51. The number of anilines is 2. The van der Waals surface area contributed by atoms with E-state index in [1.54, 1.807) is 6.33 Å². The summed E-state index contributed by atoms with van der Waals surface area (Å²) < 4.78 is 11.5. The van der Waals surface area contributed by atoms with Crippen molar-refractivity contribution in [1.82, 2.24) is 19.5 Å². The topological polar surface area (TPSA) is 137 Å². The van der Waals surface area contributed by atoms with Crippen molar-refractivity contribution in [2.24, 2.45) is 0 Å². The van der Waals surface area contributed by atoms with Crippen LogP contribution in [-0.4, -0.2) is 60.9 Å². The number of hydrogen-bond acceptors (Lipinski definition) is 10. The Morgan fingerprint density at radius 2 is 2.03 bits per heavy atom. The SMILES string of the molecule is C#C[C@]1(COC(C)=O)SC(n2cnc3c(NC4CC4)nc(NC(C)=O)nc32)C[C@@H]1OC(C)=O. The zero-order chi connectivity index (χ0) is 23.8. The number of carbonyl (C=O) groups excluding carboxylic acids is 3. The lowest BCUT2D eigenvalue weighted by molar-refractivity contribution is -0.149. The summed E-state index contributed by atoms with van der Waals surface area (Å²) in [6.45, 7) is 3.87. The van der Waals surface area contributed by atoms with E-state index in [0.29, 0.717) is 29.4 Å². The Labute approximate surface area is 194 Å². The molecule has 1 saturated carbocycles. The summed E-state index contributed by atoms with van der Waals surface area (Å²) in [6, 6.07) is 0.311. The molecule has 3 atom stereocenters. The molecule has 2 N–H and O–H groups in total. The molecule has 0 radical (unpaired) electrons. The monoisotopic (exact) mass is 472 g/mol.